The molecule has 35 heavy (non-hydrogen) atoms. The van der Waals surface area contributed by atoms with E-state index in [-0.39, 0.29) is 59.1 Å². The second-order valence-corrected chi connectivity index (χ2v) is 7.05. The molecule has 0 aliphatic rings. The average molecular weight is 488 g/mol. The highest BCUT2D eigenvalue weighted by molar-refractivity contribution is 6.07. The fourth-order valence-corrected chi connectivity index (χ4v) is 3.17. The summed E-state index contributed by atoms with van der Waals surface area (Å²) < 4.78 is 20.1. The van der Waals surface area contributed by atoms with Gasteiger partial charge >= 0.3 is 23.9 Å². The third kappa shape index (κ3) is 7.06. The van der Waals surface area contributed by atoms with Gasteiger partial charge in [-0.15, -0.1) is 0 Å². The lowest BCUT2D eigenvalue weighted by Crippen LogP contribution is -2.20. The van der Waals surface area contributed by atoms with E-state index in [9.17, 15) is 29.3 Å². The Morgan fingerprint density at radius 2 is 1.57 bits per heavy atom. The van der Waals surface area contributed by atoms with Gasteiger partial charge in [-0.25, -0.2) is 9.59 Å². The van der Waals surface area contributed by atoms with Gasteiger partial charge in [0.05, 0.1) is 34.0 Å². The standard InChI is InChI=1S/C23H24N2O10/c1-5-32-23(29)21-18(12-35-15(4)27)24-13(2)19(22(28)34-10-9-33-14(3)26)20(21)16-7-6-8-17(11-16)25(30)31/h6-8,11H,5,9-10,12H2,1-4H3. The van der Waals surface area contributed by atoms with Gasteiger partial charge in [0.1, 0.15) is 19.8 Å². The smallest absolute Gasteiger partial charge is 0.340 e. The number of carbonyl (C=O) groups is 4. The van der Waals surface area contributed by atoms with Crippen molar-refractivity contribution < 1.29 is 43.0 Å². The Bertz CT molecular complexity index is 1160. The van der Waals surface area contributed by atoms with Crippen molar-refractivity contribution in [2.75, 3.05) is 19.8 Å². The zero-order valence-electron chi connectivity index (χ0n) is 19.6. The van der Waals surface area contributed by atoms with Crippen LogP contribution in [-0.2, 0) is 35.1 Å². The lowest BCUT2D eigenvalue weighted by atomic mass is 9.92. The number of carbonyl (C=O) groups excluding carboxylic acids is 4. The summed E-state index contributed by atoms with van der Waals surface area (Å²) in [6, 6.07) is 5.29. The van der Waals surface area contributed by atoms with Crippen molar-refractivity contribution in [3.8, 4) is 11.1 Å². The third-order valence-electron chi connectivity index (χ3n) is 4.52. The molecule has 0 spiro atoms. The Labute approximate surface area is 200 Å². The minimum Gasteiger partial charge on any atom is -0.462 e. The van der Waals surface area contributed by atoms with E-state index >= 15 is 0 Å². The Morgan fingerprint density at radius 1 is 0.943 bits per heavy atom. The number of rotatable bonds is 10. The number of aromatic nitrogens is 1. The predicted molar refractivity (Wildman–Crippen MR) is 119 cm³/mol. The molecule has 0 saturated heterocycles. The molecule has 0 amide bonds. The first-order valence-corrected chi connectivity index (χ1v) is 10.5. The van der Waals surface area contributed by atoms with Gasteiger partial charge in [0.25, 0.3) is 5.69 Å². The largest absolute Gasteiger partial charge is 0.462 e. The average Bonchev–Trinajstić information content (AvgIpc) is 2.79. The minimum atomic E-state index is -0.909. The van der Waals surface area contributed by atoms with Gasteiger partial charge in [-0.3, -0.25) is 24.7 Å². The Morgan fingerprint density at radius 3 is 2.17 bits per heavy atom. The van der Waals surface area contributed by atoms with Crippen molar-refractivity contribution in [2.24, 2.45) is 0 Å². The SMILES string of the molecule is CCOC(=O)c1c(COC(C)=O)nc(C)c(C(=O)OCCOC(C)=O)c1-c1cccc([N+](=O)[O-])c1. The van der Waals surface area contributed by atoms with Crippen molar-refractivity contribution in [1.82, 2.24) is 4.98 Å². The van der Waals surface area contributed by atoms with E-state index in [2.05, 4.69) is 4.98 Å². The minimum absolute atomic E-state index is 0.00545. The first-order chi connectivity index (χ1) is 16.6. The number of hydrogen-bond donors (Lipinski definition) is 0. The van der Waals surface area contributed by atoms with Gasteiger partial charge in [0.15, 0.2) is 0 Å². The molecule has 12 nitrogen and oxygen atoms in total. The molecule has 2 aromatic rings. The number of aryl methyl sites for hydroxylation is 1. The number of esters is 4. The van der Waals surface area contributed by atoms with Crippen molar-refractivity contribution in [1.29, 1.82) is 0 Å². The zero-order valence-corrected chi connectivity index (χ0v) is 19.6. The second-order valence-electron chi connectivity index (χ2n) is 7.05. The molecule has 12 heteroatoms. The van der Waals surface area contributed by atoms with Crippen LogP contribution in [0.1, 0.15) is 52.9 Å². The normalized spacial score (nSPS) is 10.3. The van der Waals surface area contributed by atoms with E-state index in [4.69, 9.17) is 18.9 Å². The van der Waals surface area contributed by atoms with E-state index in [1.165, 1.54) is 45.0 Å². The third-order valence-corrected chi connectivity index (χ3v) is 4.52. The molecule has 0 N–H and O–H groups in total. The van der Waals surface area contributed by atoms with Crippen LogP contribution in [-0.4, -0.2) is 53.6 Å². The number of ether oxygens (including phenoxy) is 4. The van der Waals surface area contributed by atoms with Gasteiger partial charge in [-0.1, -0.05) is 12.1 Å². The van der Waals surface area contributed by atoms with Crippen LogP contribution in [0.15, 0.2) is 24.3 Å². The molecule has 0 aliphatic carbocycles. The summed E-state index contributed by atoms with van der Waals surface area (Å²) in [4.78, 5) is 63.4. The summed E-state index contributed by atoms with van der Waals surface area (Å²) in [5.74, 6) is -2.98. The molecule has 186 valence electrons. The van der Waals surface area contributed by atoms with Gasteiger partial charge in [-0.2, -0.15) is 0 Å². The molecule has 1 aromatic heterocycles. The number of benzene rings is 1. The Hall–Kier alpha value is -4.35. The van der Waals surface area contributed by atoms with E-state index in [0.717, 1.165) is 0 Å². The highest BCUT2D eigenvalue weighted by atomic mass is 16.6. The maximum Gasteiger partial charge on any atom is 0.340 e. The molecular formula is C23H24N2O10. The van der Waals surface area contributed by atoms with Gasteiger partial charge in [-0.05, 0) is 19.4 Å². The van der Waals surface area contributed by atoms with E-state index in [1.807, 2.05) is 0 Å². The zero-order chi connectivity index (χ0) is 26.1. The van der Waals surface area contributed by atoms with Crippen molar-refractivity contribution in [2.45, 2.75) is 34.3 Å². The maximum absolute atomic E-state index is 13.1. The summed E-state index contributed by atoms with van der Waals surface area (Å²) in [7, 11) is 0. The molecule has 1 heterocycles. The van der Waals surface area contributed by atoms with Crippen LogP contribution >= 0.6 is 0 Å². The molecule has 0 saturated carbocycles. The fourth-order valence-electron chi connectivity index (χ4n) is 3.17. The summed E-state index contributed by atoms with van der Waals surface area (Å²) in [5.41, 5.74) is -0.423. The van der Waals surface area contributed by atoms with Crippen molar-refractivity contribution >= 4 is 29.6 Å². The van der Waals surface area contributed by atoms with Crippen LogP contribution in [0, 0.1) is 17.0 Å². The molecule has 0 unspecified atom stereocenters. The van der Waals surface area contributed by atoms with E-state index in [0.29, 0.717) is 0 Å². The molecule has 0 bridgehead atoms. The van der Waals surface area contributed by atoms with E-state index < -0.39 is 35.4 Å². The summed E-state index contributed by atoms with van der Waals surface area (Å²) in [6.07, 6.45) is 0. The number of hydrogen-bond acceptors (Lipinski definition) is 11. The lowest BCUT2D eigenvalue weighted by Gasteiger charge is -2.19. The number of nitrogens with zero attached hydrogens (tertiary/aromatic N) is 2. The van der Waals surface area contributed by atoms with Gasteiger partial charge in [0, 0.05) is 31.5 Å². The number of pyridine rings is 1. The molecule has 0 fully saturated rings. The van der Waals surface area contributed by atoms with E-state index in [1.54, 1.807) is 6.92 Å². The second kappa shape index (κ2) is 12.2. The molecule has 1 aromatic carbocycles. The summed E-state index contributed by atoms with van der Waals surface area (Å²) in [5, 5.41) is 11.4. The maximum atomic E-state index is 13.1. The highest BCUT2D eigenvalue weighted by Gasteiger charge is 2.30. The first kappa shape index (κ1) is 26.9. The van der Waals surface area contributed by atoms with Crippen LogP contribution in [0.4, 0.5) is 5.69 Å². The van der Waals surface area contributed by atoms with Crippen LogP contribution in [0.2, 0.25) is 0 Å². The van der Waals surface area contributed by atoms with Crippen LogP contribution in [0.5, 0.6) is 0 Å². The number of nitro groups is 1. The summed E-state index contributed by atoms with van der Waals surface area (Å²) >= 11 is 0. The van der Waals surface area contributed by atoms with Gasteiger partial charge < -0.3 is 18.9 Å². The lowest BCUT2D eigenvalue weighted by molar-refractivity contribution is -0.384. The molecular weight excluding hydrogens is 464 g/mol. The van der Waals surface area contributed by atoms with Crippen LogP contribution < -0.4 is 0 Å². The van der Waals surface area contributed by atoms with Crippen molar-refractivity contribution in [3.05, 3.63) is 56.9 Å². The fraction of sp³-hybridized carbons (Fsp3) is 0.348. The van der Waals surface area contributed by atoms with Crippen LogP contribution in [0.3, 0.4) is 0 Å². The number of non-ortho nitro benzene ring substituents is 1. The monoisotopic (exact) mass is 488 g/mol. The molecule has 2 rings (SSSR count). The van der Waals surface area contributed by atoms with Crippen molar-refractivity contribution in [3.63, 3.8) is 0 Å². The van der Waals surface area contributed by atoms with Gasteiger partial charge in [0.2, 0.25) is 0 Å². The van der Waals surface area contributed by atoms with Crippen LogP contribution in [0.25, 0.3) is 11.1 Å². The number of nitro benzene ring substituents is 1. The highest BCUT2D eigenvalue weighted by Crippen LogP contribution is 2.34. The molecule has 0 radical (unpaired) electrons. The Kier molecular flexibility index (Phi) is 9.38. The topological polar surface area (TPSA) is 161 Å². The Balaban J connectivity index is 2.77. The predicted octanol–water partition coefficient (Wildman–Crippen LogP) is 2.92. The quantitative estimate of drug-likeness (QED) is 0.159. The first-order valence-electron chi connectivity index (χ1n) is 10.5. The summed E-state index contributed by atoms with van der Waals surface area (Å²) in [6.45, 7) is 4.50. The molecule has 0 aliphatic heterocycles. The molecule has 0 atom stereocenters.